The van der Waals surface area contributed by atoms with E-state index in [0.717, 1.165) is 5.56 Å². The molecular formula is C17H21NO. The van der Waals surface area contributed by atoms with Gasteiger partial charge in [-0.05, 0) is 35.2 Å². The van der Waals surface area contributed by atoms with Crippen molar-refractivity contribution in [1.29, 1.82) is 0 Å². The summed E-state index contributed by atoms with van der Waals surface area (Å²) in [6.07, 6.45) is 4.74. The van der Waals surface area contributed by atoms with Crippen molar-refractivity contribution in [1.82, 2.24) is 5.32 Å². The van der Waals surface area contributed by atoms with Gasteiger partial charge in [0.05, 0.1) is 6.10 Å². The highest BCUT2D eigenvalue weighted by atomic mass is 16.3. The molecule has 0 unspecified atom stereocenters. The fourth-order valence-electron chi connectivity index (χ4n) is 2.94. The predicted molar refractivity (Wildman–Crippen MR) is 79.2 cm³/mol. The third-order valence-electron chi connectivity index (χ3n) is 4.11. The van der Waals surface area contributed by atoms with Crippen molar-refractivity contribution in [2.75, 3.05) is 6.54 Å². The Morgan fingerprint density at radius 3 is 2.58 bits per heavy atom. The Bertz CT molecular complexity index is 546. The number of rotatable bonds is 4. The number of hydrogen-bond acceptors (Lipinski definition) is 2. The van der Waals surface area contributed by atoms with Crippen LogP contribution in [0.15, 0.2) is 42.5 Å². The zero-order valence-electron chi connectivity index (χ0n) is 11.2. The van der Waals surface area contributed by atoms with Gasteiger partial charge in [0.1, 0.15) is 0 Å². The molecule has 100 valence electrons. The van der Waals surface area contributed by atoms with Gasteiger partial charge in [-0.15, -0.1) is 0 Å². The molecule has 0 radical (unpaired) electrons. The molecule has 0 aromatic heterocycles. The number of aliphatic hydroxyl groups excluding tert-OH is 1. The van der Waals surface area contributed by atoms with Crippen molar-refractivity contribution in [3.05, 3.63) is 48.0 Å². The van der Waals surface area contributed by atoms with Gasteiger partial charge in [0.25, 0.3) is 0 Å². The molecule has 3 rings (SSSR count). The molecule has 1 aliphatic rings. The van der Waals surface area contributed by atoms with Gasteiger partial charge in [0, 0.05) is 12.6 Å². The minimum absolute atomic E-state index is 0.412. The van der Waals surface area contributed by atoms with Crippen LogP contribution in [0.5, 0.6) is 0 Å². The lowest BCUT2D eigenvalue weighted by atomic mass is 10.0. The maximum atomic E-state index is 10.3. The summed E-state index contributed by atoms with van der Waals surface area (Å²) in [7, 11) is 0. The summed E-state index contributed by atoms with van der Waals surface area (Å²) in [5.74, 6) is 0. The van der Waals surface area contributed by atoms with Gasteiger partial charge in [0.15, 0.2) is 0 Å². The predicted octanol–water partition coefficient (Wildman–Crippen LogP) is 3.41. The van der Waals surface area contributed by atoms with Crippen LogP contribution in [0, 0.1) is 0 Å². The van der Waals surface area contributed by atoms with E-state index in [1.165, 1.54) is 36.5 Å². The third kappa shape index (κ3) is 2.96. The van der Waals surface area contributed by atoms with Gasteiger partial charge in [0.2, 0.25) is 0 Å². The second kappa shape index (κ2) is 5.72. The van der Waals surface area contributed by atoms with Crippen LogP contribution in [0.25, 0.3) is 10.8 Å². The van der Waals surface area contributed by atoms with Gasteiger partial charge in [-0.25, -0.2) is 0 Å². The molecule has 1 saturated carbocycles. The van der Waals surface area contributed by atoms with Crippen LogP contribution in [0.4, 0.5) is 0 Å². The molecule has 0 aliphatic heterocycles. The molecule has 0 saturated heterocycles. The van der Waals surface area contributed by atoms with Crippen LogP contribution < -0.4 is 5.32 Å². The van der Waals surface area contributed by atoms with Crippen LogP contribution >= 0.6 is 0 Å². The Morgan fingerprint density at radius 1 is 1.05 bits per heavy atom. The van der Waals surface area contributed by atoms with Crippen molar-refractivity contribution < 1.29 is 5.11 Å². The van der Waals surface area contributed by atoms with Crippen LogP contribution in [-0.4, -0.2) is 17.7 Å². The van der Waals surface area contributed by atoms with Crippen molar-refractivity contribution in [2.24, 2.45) is 0 Å². The fraction of sp³-hybridized carbons (Fsp3) is 0.412. The summed E-state index contributed by atoms with van der Waals surface area (Å²) < 4.78 is 0. The van der Waals surface area contributed by atoms with Crippen molar-refractivity contribution >= 4 is 10.8 Å². The number of aliphatic hydroxyl groups is 1. The highest BCUT2D eigenvalue weighted by Crippen LogP contribution is 2.22. The summed E-state index contributed by atoms with van der Waals surface area (Å²) in [6.45, 7) is 0.656. The van der Waals surface area contributed by atoms with E-state index >= 15 is 0 Å². The molecular weight excluding hydrogens is 234 g/mol. The standard InChI is InChI=1S/C17H21NO/c19-17(12-18-16-7-3-4-8-16)15-10-9-13-5-1-2-6-14(13)11-15/h1-2,5-6,9-11,16-19H,3-4,7-8,12H2/t17-/m0/s1. The molecule has 0 bridgehead atoms. The van der Waals surface area contributed by atoms with Crippen molar-refractivity contribution in [3.8, 4) is 0 Å². The van der Waals surface area contributed by atoms with Gasteiger partial charge < -0.3 is 10.4 Å². The van der Waals surface area contributed by atoms with Crippen molar-refractivity contribution in [3.63, 3.8) is 0 Å². The largest absolute Gasteiger partial charge is 0.387 e. The van der Waals surface area contributed by atoms with Gasteiger partial charge in [-0.3, -0.25) is 0 Å². The Balaban J connectivity index is 1.68. The van der Waals surface area contributed by atoms with E-state index < -0.39 is 6.10 Å². The second-order valence-corrected chi connectivity index (χ2v) is 5.51. The summed E-state index contributed by atoms with van der Waals surface area (Å²) in [6, 6.07) is 15.1. The summed E-state index contributed by atoms with van der Waals surface area (Å²) in [5, 5.41) is 16.2. The first kappa shape index (κ1) is 12.6. The molecule has 1 aliphatic carbocycles. The maximum Gasteiger partial charge on any atom is 0.0914 e. The van der Waals surface area contributed by atoms with Crippen LogP contribution in [0.2, 0.25) is 0 Å². The molecule has 0 heterocycles. The molecule has 0 amide bonds. The van der Waals surface area contributed by atoms with Gasteiger partial charge in [-0.1, -0.05) is 49.2 Å². The Kier molecular flexibility index (Phi) is 3.81. The highest BCUT2D eigenvalue weighted by Gasteiger charge is 2.16. The molecule has 2 heteroatoms. The number of hydrogen-bond donors (Lipinski definition) is 2. The zero-order valence-corrected chi connectivity index (χ0v) is 11.2. The number of benzene rings is 2. The van der Waals surface area contributed by atoms with Gasteiger partial charge >= 0.3 is 0 Å². The van der Waals surface area contributed by atoms with Crippen molar-refractivity contribution in [2.45, 2.75) is 37.8 Å². The Morgan fingerprint density at radius 2 is 1.79 bits per heavy atom. The van der Waals surface area contributed by atoms with E-state index in [2.05, 4.69) is 29.6 Å². The summed E-state index contributed by atoms with van der Waals surface area (Å²) in [5.41, 5.74) is 1.00. The van der Waals surface area contributed by atoms with E-state index in [1.807, 2.05) is 18.2 Å². The Hall–Kier alpha value is -1.38. The quantitative estimate of drug-likeness (QED) is 0.877. The third-order valence-corrected chi connectivity index (χ3v) is 4.11. The molecule has 0 spiro atoms. The lowest BCUT2D eigenvalue weighted by molar-refractivity contribution is 0.170. The first-order valence-electron chi connectivity index (χ1n) is 7.23. The smallest absolute Gasteiger partial charge is 0.0914 e. The normalized spacial score (nSPS) is 17.9. The SMILES string of the molecule is O[C@@H](CNC1CCCC1)c1ccc2ccccc2c1. The van der Waals surface area contributed by atoms with Crippen LogP contribution in [0.1, 0.15) is 37.4 Å². The molecule has 1 atom stereocenters. The minimum Gasteiger partial charge on any atom is -0.387 e. The van der Waals surface area contributed by atoms with E-state index in [4.69, 9.17) is 0 Å². The number of fused-ring (bicyclic) bond motifs is 1. The molecule has 2 N–H and O–H groups in total. The molecule has 1 fully saturated rings. The van der Waals surface area contributed by atoms with E-state index in [0.29, 0.717) is 12.6 Å². The first-order chi connectivity index (χ1) is 9.33. The lowest BCUT2D eigenvalue weighted by Crippen LogP contribution is -2.30. The average Bonchev–Trinajstić information content (AvgIpc) is 2.97. The summed E-state index contributed by atoms with van der Waals surface area (Å²) >= 11 is 0. The fourth-order valence-corrected chi connectivity index (χ4v) is 2.94. The second-order valence-electron chi connectivity index (χ2n) is 5.51. The molecule has 2 aromatic carbocycles. The van der Waals surface area contributed by atoms with Crippen LogP contribution in [-0.2, 0) is 0 Å². The monoisotopic (exact) mass is 255 g/mol. The van der Waals surface area contributed by atoms with E-state index in [9.17, 15) is 5.11 Å². The Labute approximate surface area is 114 Å². The van der Waals surface area contributed by atoms with E-state index in [1.54, 1.807) is 0 Å². The maximum absolute atomic E-state index is 10.3. The lowest BCUT2D eigenvalue weighted by Gasteiger charge is -2.16. The van der Waals surface area contributed by atoms with Gasteiger partial charge in [-0.2, -0.15) is 0 Å². The zero-order chi connectivity index (χ0) is 13.1. The van der Waals surface area contributed by atoms with Crippen LogP contribution in [0.3, 0.4) is 0 Å². The number of nitrogens with one attached hydrogen (secondary N) is 1. The molecule has 2 nitrogen and oxygen atoms in total. The minimum atomic E-state index is -0.412. The average molecular weight is 255 g/mol. The summed E-state index contributed by atoms with van der Waals surface area (Å²) in [4.78, 5) is 0. The molecule has 19 heavy (non-hydrogen) atoms. The topological polar surface area (TPSA) is 32.3 Å². The van der Waals surface area contributed by atoms with E-state index in [-0.39, 0.29) is 0 Å². The highest BCUT2D eigenvalue weighted by molar-refractivity contribution is 5.83. The molecule has 2 aromatic rings. The first-order valence-corrected chi connectivity index (χ1v) is 7.23.